The molecule has 2 aliphatic rings. The highest BCUT2D eigenvalue weighted by atomic mass is 19.1. The Bertz CT molecular complexity index is 381. The van der Waals surface area contributed by atoms with Crippen LogP contribution in [0.1, 0.15) is 26.2 Å². The second kappa shape index (κ2) is 4.24. The van der Waals surface area contributed by atoms with Gasteiger partial charge in [0.1, 0.15) is 18.2 Å². The van der Waals surface area contributed by atoms with Gasteiger partial charge in [0.2, 0.25) is 0 Å². The molecule has 1 aliphatic carbocycles. The summed E-state index contributed by atoms with van der Waals surface area (Å²) in [6.07, 6.45) is 9.44. The zero-order valence-corrected chi connectivity index (χ0v) is 9.28. The number of unbranched alkanes of at least 4 members (excludes halogenated alkanes) is 1. The van der Waals surface area contributed by atoms with Crippen molar-refractivity contribution in [2.24, 2.45) is 5.41 Å². The van der Waals surface area contributed by atoms with Crippen molar-refractivity contribution in [3.8, 4) is 0 Å². The molecule has 2 nitrogen and oxygen atoms in total. The number of carbonyl (C=O) groups excluding carboxylic acids is 1. The van der Waals surface area contributed by atoms with Crippen LogP contribution in [-0.2, 0) is 9.53 Å². The molecule has 0 radical (unpaired) electrons. The first-order chi connectivity index (χ1) is 7.66. The van der Waals surface area contributed by atoms with Crippen LogP contribution in [0.4, 0.5) is 4.39 Å². The number of carbonyl (C=O) groups is 1. The molecule has 16 heavy (non-hydrogen) atoms. The Hall–Kier alpha value is -1.38. The topological polar surface area (TPSA) is 26.3 Å². The van der Waals surface area contributed by atoms with E-state index in [2.05, 4.69) is 0 Å². The smallest absolute Gasteiger partial charge is 0.129 e. The van der Waals surface area contributed by atoms with E-state index in [1.807, 2.05) is 6.92 Å². The average Bonchev–Trinajstić information content (AvgIpc) is 2.55. The predicted octanol–water partition coefficient (Wildman–Crippen LogP) is 3.07. The summed E-state index contributed by atoms with van der Waals surface area (Å²) in [5.41, 5.74) is 0.695. The van der Waals surface area contributed by atoms with E-state index in [4.69, 9.17) is 4.74 Å². The Labute approximate surface area is 94.5 Å². The molecule has 0 N–H and O–H groups in total. The molecule has 0 aromatic heterocycles. The summed E-state index contributed by atoms with van der Waals surface area (Å²) in [7, 11) is 0. The summed E-state index contributed by atoms with van der Waals surface area (Å²) in [6.45, 7) is 1.97. The van der Waals surface area contributed by atoms with Crippen molar-refractivity contribution < 1.29 is 13.9 Å². The van der Waals surface area contributed by atoms with Crippen LogP contribution < -0.4 is 0 Å². The number of fused-ring (bicyclic) bond motifs is 1. The van der Waals surface area contributed by atoms with Gasteiger partial charge in [-0.25, -0.2) is 4.39 Å². The van der Waals surface area contributed by atoms with Crippen molar-refractivity contribution in [1.82, 2.24) is 0 Å². The van der Waals surface area contributed by atoms with Gasteiger partial charge in [-0.15, -0.1) is 0 Å². The predicted molar refractivity (Wildman–Crippen MR) is 59.3 cm³/mol. The lowest BCUT2D eigenvalue weighted by Gasteiger charge is -2.30. The van der Waals surface area contributed by atoms with Gasteiger partial charge in [-0.2, -0.15) is 0 Å². The molecule has 0 amide bonds. The molecule has 1 aliphatic heterocycles. The molecule has 0 aromatic rings. The number of halogens is 1. The van der Waals surface area contributed by atoms with E-state index in [1.165, 1.54) is 6.08 Å². The minimum Gasteiger partial charge on any atom is -0.493 e. The molecule has 0 saturated heterocycles. The summed E-state index contributed by atoms with van der Waals surface area (Å²) >= 11 is 0. The maximum atomic E-state index is 13.3. The first kappa shape index (κ1) is 11.1. The molecular weight excluding hydrogens is 207 g/mol. The van der Waals surface area contributed by atoms with Crippen molar-refractivity contribution in [3.05, 3.63) is 35.9 Å². The number of rotatable bonds is 4. The summed E-state index contributed by atoms with van der Waals surface area (Å²) in [6, 6.07) is 0. The fraction of sp³-hybridized carbons (Fsp3) is 0.462. The van der Waals surface area contributed by atoms with Crippen LogP contribution in [0.3, 0.4) is 0 Å². The molecule has 0 saturated carbocycles. The lowest BCUT2D eigenvalue weighted by Crippen LogP contribution is -2.29. The van der Waals surface area contributed by atoms with E-state index in [-0.39, 0.29) is 17.3 Å². The molecule has 3 heteroatoms. The van der Waals surface area contributed by atoms with Crippen LogP contribution in [0.15, 0.2) is 35.9 Å². The number of aldehydes is 1. The zero-order chi connectivity index (χ0) is 11.6. The Balaban J connectivity index is 2.10. The van der Waals surface area contributed by atoms with Crippen LogP contribution >= 0.6 is 0 Å². The minimum atomic E-state index is -0.373. The van der Waals surface area contributed by atoms with Gasteiger partial charge in [0.15, 0.2) is 0 Å². The normalized spacial score (nSPS) is 31.5. The van der Waals surface area contributed by atoms with Gasteiger partial charge in [0, 0.05) is 6.42 Å². The second-order valence-electron chi connectivity index (χ2n) is 4.43. The molecular formula is C13H15FO2. The molecule has 2 rings (SSSR count). The highest BCUT2D eigenvalue weighted by Gasteiger charge is 2.42. The Kier molecular flexibility index (Phi) is 2.95. The molecule has 0 spiro atoms. The van der Waals surface area contributed by atoms with Crippen LogP contribution in [0.25, 0.3) is 0 Å². The van der Waals surface area contributed by atoms with E-state index in [0.717, 1.165) is 24.7 Å². The summed E-state index contributed by atoms with van der Waals surface area (Å²) in [4.78, 5) is 10.3. The van der Waals surface area contributed by atoms with Crippen LogP contribution in [-0.4, -0.2) is 12.4 Å². The van der Waals surface area contributed by atoms with Gasteiger partial charge in [-0.05, 0) is 43.6 Å². The fourth-order valence-corrected chi connectivity index (χ4v) is 2.24. The van der Waals surface area contributed by atoms with E-state index >= 15 is 0 Å². The third-order valence-corrected chi connectivity index (χ3v) is 3.28. The summed E-state index contributed by atoms with van der Waals surface area (Å²) < 4.78 is 18.8. The number of allylic oxidation sites excluding steroid dienone is 2. The Morgan fingerprint density at radius 2 is 2.44 bits per heavy atom. The van der Waals surface area contributed by atoms with Gasteiger partial charge >= 0.3 is 0 Å². The monoisotopic (exact) mass is 222 g/mol. The quantitative estimate of drug-likeness (QED) is 0.539. The van der Waals surface area contributed by atoms with Crippen molar-refractivity contribution in [1.29, 1.82) is 0 Å². The molecule has 1 heterocycles. The van der Waals surface area contributed by atoms with E-state index < -0.39 is 0 Å². The van der Waals surface area contributed by atoms with Crippen molar-refractivity contribution in [2.45, 2.75) is 32.3 Å². The number of ether oxygens (including phenoxy) is 1. The second-order valence-corrected chi connectivity index (χ2v) is 4.43. The van der Waals surface area contributed by atoms with Crippen molar-refractivity contribution in [3.63, 3.8) is 0 Å². The molecule has 2 atom stereocenters. The maximum absolute atomic E-state index is 13.3. The van der Waals surface area contributed by atoms with E-state index in [9.17, 15) is 9.18 Å². The lowest BCUT2D eigenvalue weighted by atomic mass is 9.74. The zero-order valence-electron chi connectivity index (χ0n) is 9.28. The first-order valence-corrected chi connectivity index (χ1v) is 5.52. The summed E-state index contributed by atoms with van der Waals surface area (Å²) in [5, 5.41) is 0. The third kappa shape index (κ3) is 1.82. The van der Waals surface area contributed by atoms with Crippen LogP contribution in [0, 0.1) is 5.41 Å². The third-order valence-electron chi connectivity index (χ3n) is 3.28. The van der Waals surface area contributed by atoms with E-state index in [0.29, 0.717) is 6.42 Å². The maximum Gasteiger partial charge on any atom is 0.129 e. The fourth-order valence-electron chi connectivity index (χ4n) is 2.24. The highest BCUT2D eigenvalue weighted by molar-refractivity contribution is 5.49. The van der Waals surface area contributed by atoms with Gasteiger partial charge in [-0.3, -0.25) is 0 Å². The molecule has 86 valence electrons. The summed E-state index contributed by atoms with van der Waals surface area (Å²) in [5.74, 6) is -0.217. The average molecular weight is 222 g/mol. The van der Waals surface area contributed by atoms with Gasteiger partial charge in [0.25, 0.3) is 0 Å². The number of hydrogen-bond donors (Lipinski definition) is 0. The Morgan fingerprint density at radius 3 is 3.19 bits per heavy atom. The van der Waals surface area contributed by atoms with Gasteiger partial charge < -0.3 is 9.53 Å². The minimum absolute atomic E-state index is 0.0989. The Morgan fingerprint density at radius 1 is 1.62 bits per heavy atom. The van der Waals surface area contributed by atoms with Gasteiger partial charge in [0.05, 0.1) is 11.7 Å². The van der Waals surface area contributed by atoms with Crippen molar-refractivity contribution >= 4 is 6.29 Å². The molecule has 0 bridgehead atoms. The standard InChI is InChI=1S/C13H15FO2/c1-13-8-11(14)5-6-12(13)16-9-10(13)4-2-3-7-15/h5-9,12H,2-4H2,1H3. The SMILES string of the molecule is CC12C=C(F)C=CC1OC=C2CCCC=O. The van der Waals surface area contributed by atoms with Crippen LogP contribution in [0.5, 0.6) is 0 Å². The van der Waals surface area contributed by atoms with Gasteiger partial charge in [-0.1, -0.05) is 0 Å². The first-order valence-electron chi connectivity index (χ1n) is 5.52. The largest absolute Gasteiger partial charge is 0.493 e. The van der Waals surface area contributed by atoms with E-state index in [1.54, 1.807) is 18.4 Å². The number of hydrogen-bond acceptors (Lipinski definition) is 2. The molecule has 0 aromatic carbocycles. The lowest BCUT2D eigenvalue weighted by molar-refractivity contribution is -0.107. The molecule has 0 fully saturated rings. The highest BCUT2D eigenvalue weighted by Crippen LogP contribution is 2.45. The molecule has 2 unspecified atom stereocenters. The van der Waals surface area contributed by atoms with Crippen LogP contribution in [0.2, 0.25) is 0 Å². The van der Waals surface area contributed by atoms with Crippen molar-refractivity contribution in [2.75, 3.05) is 0 Å².